The van der Waals surface area contributed by atoms with E-state index in [0.29, 0.717) is 0 Å². The molecule has 58 valence electrons. The summed E-state index contributed by atoms with van der Waals surface area (Å²) in [6, 6.07) is 0. The maximum atomic E-state index is 10.5. The first-order valence-electron chi connectivity index (χ1n) is 2.70. The second-order valence-electron chi connectivity index (χ2n) is 1.31. The van der Waals surface area contributed by atoms with E-state index in [1.54, 1.807) is 6.92 Å². The van der Waals surface area contributed by atoms with Crippen molar-refractivity contribution in [3.8, 4) is 0 Å². The SMILES string of the molecule is CCOC(=O)/C(Cl)=N/CO. The van der Waals surface area contributed by atoms with Gasteiger partial charge in [-0.25, -0.2) is 9.79 Å². The molecule has 0 aliphatic carbocycles. The standard InChI is InChI=1S/C5H8ClNO3/c1-2-10-5(9)4(6)7-3-8/h8H,2-3H2,1H3/b7-4-. The number of aliphatic imine (C=N–C) groups is 1. The van der Waals surface area contributed by atoms with Gasteiger partial charge >= 0.3 is 5.97 Å². The summed E-state index contributed by atoms with van der Waals surface area (Å²) in [5.41, 5.74) is 0. The van der Waals surface area contributed by atoms with Gasteiger partial charge in [0.2, 0.25) is 5.17 Å². The van der Waals surface area contributed by atoms with E-state index in [9.17, 15) is 4.79 Å². The van der Waals surface area contributed by atoms with Crippen LogP contribution >= 0.6 is 11.6 Å². The molecule has 0 bridgehead atoms. The third-order valence-corrected chi connectivity index (χ3v) is 0.927. The lowest BCUT2D eigenvalue weighted by Gasteiger charge is -1.96. The first-order chi connectivity index (χ1) is 4.72. The van der Waals surface area contributed by atoms with Gasteiger partial charge in [-0.3, -0.25) is 0 Å². The summed E-state index contributed by atoms with van der Waals surface area (Å²) in [4.78, 5) is 13.7. The summed E-state index contributed by atoms with van der Waals surface area (Å²) in [7, 11) is 0. The Hall–Kier alpha value is -0.610. The summed E-state index contributed by atoms with van der Waals surface area (Å²) in [5.74, 6) is -0.710. The van der Waals surface area contributed by atoms with E-state index in [-0.39, 0.29) is 11.8 Å². The molecule has 0 aromatic carbocycles. The van der Waals surface area contributed by atoms with Crippen LogP contribution in [0, 0.1) is 0 Å². The second-order valence-corrected chi connectivity index (χ2v) is 1.67. The van der Waals surface area contributed by atoms with E-state index >= 15 is 0 Å². The minimum Gasteiger partial charge on any atom is -0.461 e. The van der Waals surface area contributed by atoms with Crippen LogP contribution < -0.4 is 0 Å². The molecule has 0 aromatic rings. The van der Waals surface area contributed by atoms with Crippen molar-refractivity contribution < 1.29 is 14.6 Å². The molecule has 10 heavy (non-hydrogen) atoms. The molecule has 0 aliphatic heterocycles. The van der Waals surface area contributed by atoms with E-state index in [1.807, 2.05) is 0 Å². The molecule has 0 radical (unpaired) electrons. The summed E-state index contributed by atoms with van der Waals surface area (Å²) >= 11 is 5.23. The molecule has 0 aliphatic rings. The number of nitrogens with zero attached hydrogens (tertiary/aromatic N) is 1. The Labute approximate surface area is 63.5 Å². The highest BCUT2D eigenvalue weighted by molar-refractivity contribution is 6.82. The average Bonchev–Trinajstić information content (AvgIpc) is 1.89. The van der Waals surface area contributed by atoms with Gasteiger partial charge in [-0.05, 0) is 6.92 Å². The zero-order valence-electron chi connectivity index (χ0n) is 5.50. The Morgan fingerprint density at radius 1 is 1.80 bits per heavy atom. The monoisotopic (exact) mass is 165 g/mol. The maximum Gasteiger partial charge on any atom is 0.368 e. The largest absolute Gasteiger partial charge is 0.461 e. The lowest BCUT2D eigenvalue weighted by Crippen LogP contribution is -2.12. The third-order valence-electron chi connectivity index (χ3n) is 0.653. The lowest BCUT2D eigenvalue weighted by molar-refractivity contribution is -0.134. The number of ether oxygens (including phenoxy) is 1. The average molecular weight is 166 g/mol. The Kier molecular flexibility index (Phi) is 4.88. The van der Waals surface area contributed by atoms with Crippen molar-refractivity contribution >= 4 is 22.7 Å². The zero-order valence-corrected chi connectivity index (χ0v) is 6.26. The summed E-state index contributed by atoms with van der Waals surface area (Å²) in [6.45, 7) is 1.40. The predicted molar refractivity (Wildman–Crippen MR) is 37.0 cm³/mol. The van der Waals surface area contributed by atoms with E-state index in [2.05, 4.69) is 9.73 Å². The molecule has 0 unspecified atom stereocenters. The molecular formula is C5H8ClNO3. The van der Waals surface area contributed by atoms with Gasteiger partial charge in [0.25, 0.3) is 0 Å². The number of rotatable bonds is 3. The molecule has 0 heterocycles. The first-order valence-corrected chi connectivity index (χ1v) is 3.08. The quantitative estimate of drug-likeness (QED) is 0.478. The molecule has 0 rings (SSSR count). The highest BCUT2D eigenvalue weighted by atomic mass is 35.5. The van der Waals surface area contributed by atoms with Gasteiger partial charge in [-0.2, -0.15) is 0 Å². The summed E-state index contributed by atoms with van der Waals surface area (Å²) in [5, 5.41) is 7.84. The fourth-order valence-electron chi connectivity index (χ4n) is 0.317. The van der Waals surface area contributed by atoms with Crippen LogP contribution in [0.1, 0.15) is 6.92 Å². The van der Waals surface area contributed by atoms with Crippen LogP contribution in [-0.4, -0.2) is 29.6 Å². The molecule has 4 nitrogen and oxygen atoms in total. The van der Waals surface area contributed by atoms with Crippen LogP contribution in [-0.2, 0) is 9.53 Å². The van der Waals surface area contributed by atoms with Crippen molar-refractivity contribution in [2.24, 2.45) is 4.99 Å². The number of carbonyl (C=O) groups excluding carboxylic acids is 1. The van der Waals surface area contributed by atoms with Gasteiger partial charge in [0, 0.05) is 0 Å². The van der Waals surface area contributed by atoms with Crippen molar-refractivity contribution in [1.29, 1.82) is 0 Å². The van der Waals surface area contributed by atoms with Gasteiger partial charge in [0.1, 0.15) is 6.73 Å². The molecule has 0 amide bonds. The predicted octanol–water partition coefficient (Wildman–Crippen LogP) is 0.137. The van der Waals surface area contributed by atoms with Crippen molar-refractivity contribution in [3.63, 3.8) is 0 Å². The normalized spacial score (nSPS) is 11.3. The van der Waals surface area contributed by atoms with Crippen molar-refractivity contribution in [2.45, 2.75) is 6.92 Å². The van der Waals surface area contributed by atoms with Crippen molar-refractivity contribution in [3.05, 3.63) is 0 Å². The Bertz CT molecular complexity index is 146. The smallest absolute Gasteiger partial charge is 0.368 e. The van der Waals surface area contributed by atoms with Crippen LogP contribution in [0.25, 0.3) is 0 Å². The topological polar surface area (TPSA) is 58.9 Å². The molecule has 0 fully saturated rings. The number of aliphatic hydroxyl groups excluding tert-OH is 1. The minimum atomic E-state index is -0.710. The minimum absolute atomic E-state index is 0.246. The molecule has 0 spiro atoms. The number of carbonyl (C=O) groups is 1. The molecule has 0 saturated heterocycles. The zero-order chi connectivity index (χ0) is 7.98. The van der Waals surface area contributed by atoms with Crippen LogP contribution in [0.4, 0.5) is 0 Å². The van der Waals surface area contributed by atoms with Gasteiger partial charge < -0.3 is 9.84 Å². The van der Waals surface area contributed by atoms with E-state index in [4.69, 9.17) is 16.7 Å². The molecule has 5 heteroatoms. The van der Waals surface area contributed by atoms with E-state index in [0.717, 1.165) is 0 Å². The number of aliphatic hydroxyl groups is 1. The number of hydrogen-bond donors (Lipinski definition) is 1. The second kappa shape index (κ2) is 5.20. The fraction of sp³-hybridized carbons (Fsp3) is 0.600. The van der Waals surface area contributed by atoms with Crippen LogP contribution in [0.2, 0.25) is 0 Å². The van der Waals surface area contributed by atoms with Gasteiger partial charge in [-0.1, -0.05) is 11.6 Å². The van der Waals surface area contributed by atoms with E-state index in [1.165, 1.54) is 0 Å². The van der Waals surface area contributed by atoms with Gasteiger partial charge in [-0.15, -0.1) is 0 Å². The summed E-state index contributed by atoms with van der Waals surface area (Å²) < 4.78 is 4.44. The van der Waals surface area contributed by atoms with Crippen molar-refractivity contribution in [2.75, 3.05) is 13.3 Å². The maximum absolute atomic E-state index is 10.5. The first kappa shape index (κ1) is 9.39. The third kappa shape index (κ3) is 3.42. The molecule has 0 atom stereocenters. The molecule has 1 N–H and O–H groups in total. The number of esters is 1. The Balaban J connectivity index is 3.82. The van der Waals surface area contributed by atoms with Crippen LogP contribution in [0.3, 0.4) is 0 Å². The molecule has 0 aromatic heterocycles. The summed E-state index contributed by atoms with van der Waals surface area (Å²) in [6.07, 6.45) is 0. The Morgan fingerprint density at radius 2 is 2.40 bits per heavy atom. The molecule has 0 saturated carbocycles. The fourth-order valence-corrected chi connectivity index (χ4v) is 0.425. The van der Waals surface area contributed by atoms with Gasteiger partial charge in [0.05, 0.1) is 6.61 Å². The van der Waals surface area contributed by atoms with E-state index < -0.39 is 12.7 Å². The van der Waals surface area contributed by atoms with Crippen molar-refractivity contribution in [1.82, 2.24) is 0 Å². The number of halogens is 1. The molecular weight excluding hydrogens is 158 g/mol. The van der Waals surface area contributed by atoms with Crippen LogP contribution in [0.5, 0.6) is 0 Å². The highest BCUT2D eigenvalue weighted by Gasteiger charge is 2.06. The highest BCUT2D eigenvalue weighted by Crippen LogP contribution is 1.89. The number of hydrogen-bond acceptors (Lipinski definition) is 4. The van der Waals surface area contributed by atoms with Gasteiger partial charge in [0.15, 0.2) is 0 Å². The Morgan fingerprint density at radius 3 is 2.80 bits per heavy atom. The lowest BCUT2D eigenvalue weighted by atomic mass is 10.7. The van der Waals surface area contributed by atoms with Crippen LogP contribution in [0.15, 0.2) is 4.99 Å².